The van der Waals surface area contributed by atoms with Gasteiger partial charge in [0.15, 0.2) is 0 Å². The van der Waals surface area contributed by atoms with Gasteiger partial charge in [0.1, 0.15) is 0 Å². The average molecular weight is 212 g/mol. The van der Waals surface area contributed by atoms with E-state index in [0.29, 0.717) is 0 Å². The van der Waals surface area contributed by atoms with Crippen LogP contribution in [0.3, 0.4) is 0 Å². The lowest BCUT2D eigenvalue weighted by molar-refractivity contribution is 0.156. The summed E-state index contributed by atoms with van der Waals surface area (Å²) in [6.07, 6.45) is 5.92. The molecule has 1 atom stereocenters. The van der Waals surface area contributed by atoms with Crippen LogP contribution >= 0.6 is 11.8 Å². The zero-order chi connectivity index (χ0) is 9.43. The molecule has 0 radical (unpaired) electrons. The van der Waals surface area contributed by atoms with Gasteiger partial charge in [0.05, 0.1) is 0 Å². The van der Waals surface area contributed by atoms with E-state index in [1.807, 2.05) is 0 Å². The number of rotatable bonds is 1. The maximum atomic E-state index is 3.44. The van der Waals surface area contributed by atoms with Crippen LogP contribution in [0.2, 0.25) is 0 Å². The Morgan fingerprint density at radius 1 is 1.21 bits per heavy atom. The fourth-order valence-electron chi connectivity index (χ4n) is 2.85. The molecule has 2 heterocycles. The highest BCUT2D eigenvalue weighted by atomic mass is 32.2. The molecule has 14 heavy (non-hydrogen) atoms. The van der Waals surface area contributed by atoms with Crippen molar-refractivity contribution in [2.75, 3.05) is 31.9 Å². The molecule has 0 aromatic rings. The van der Waals surface area contributed by atoms with Crippen LogP contribution in [0.5, 0.6) is 0 Å². The van der Waals surface area contributed by atoms with Gasteiger partial charge in [-0.05, 0) is 31.4 Å². The van der Waals surface area contributed by atoms with Crippen molar-refractivity contribution in [1.29, 1.82) is 0 Å². The van der Waals surface area contributed by atoms with Crippen molar-refractivity contribution in [3.63, 3.8) is 0 Å². The molecule has 0 amide bonds. The minimum absolute atomic E-state index is 0.758. The van der Waals surface area contributed by atoms with Crippen molar-refractivity contribution >= 4 is 11.8 Å². The summed E-state index contributed by atoms with van der Waals surface area (Å²) in [4.78, 5) is 2.73. The Morgan fingerprint density at radius 2 is 2.00 bits per heavy atom. The topological polar surface area (TPSA) is 15.3 Å². The Bertz CT molecular complexity index is 209. The van der Waals surface area contributed by atoms with Crippen LogP contribution < -0.4 is 5.32 Å². The molecule has 3 heteroatoms. The van der Waals surface area contributed by atoms with Gasteiger partial charge in [-0.2, -0.15) is 11.8 Å². The molecule has 3 aliphatic rings. The normalized spacial score (nSPS) is 37.3. The predicted molar refractivity (Wildman–Crippen MR) is 61.9 cm³/mol. The van der Waals surface area contributed by atoms with Crippen molar-refractivity contribution in [2.24, 2.45) is 0 Å². The first-order valence-electron chi connectivity index (χ1n) is 5.97. The number of hydrogen-bond donors (Lipinski definition) is 1. The molecule has 1 spiro atoms. The lowest BCUT2D eigenvalue weighted by Crippen LogP contribution is -2.50. The van der Waals surface area contributed by atoms with Crippen LogP contribution in [0.4, 0.5) is 0 Å². The average Bonchev–Trinajstić information content (AvgIpc) is 2.99. The Balaban J connectivity index is 1.60. The standard InChI is InChI=1S/C11H20N2S/c1-8-14-11(2-3-11)9-10(1)13-6-4-12-5-7-13/h10,12H,1-9H2. The van der Waals surface area contributed by atoms with Gasteiger partial charge < -0.3 is 5.32 Å². The van der Waals surface area contributed by atoms with Crippen LogP contribution in [0, 0.1) is 0 Å². The van der Waals surface area contributed by atoms with E-state index in [-0.39, 0.29) is 0 Å². The summed E-state index contributed by atoms with van der Waals surface area (Å²) in [6.45, 7) is 4.98. The predicted octanol–water partition coefficient (Wildman–Crippen LogP) is 1.32. The van der Waals surface area contributed by atoms with E-state index in [9.17, 15) is 0 Å². The zero-order valence-corrected chi connectivity index (χ0v) is 9.61. The summed E-state index contributed by atoms with van der Waals surface area (Å²) < 4.78 is 0.758. The second-order valence-electron chi connectivity index (χ2n) is 4.96. The lowest BCUT2D eigenvalue weighted by Gasteiger charge is -2.39. The Labute approximate surface area is 90.8 Å². The maximum Gasteiger partial charge on any atom is 0.0176 e. The molecule has 2 saturated heterocycles. The fraction of sp³-hybridized carbons (Fsp3) is 1.00. The number of nitrogens with zero attached hydrogens (tertiary/aromatic N) is 1. The van der Waals surface area contributed by atoms with E-state index in [2.05, 4.69) is 22.0 Å². The highest BCUT2D eigenvalue weighted by Gasteiger charge is 2.47. The molecule has 0 aromatic carbocycles. The number of nitrogens with one attached hydrogen (secondary N) is 1. The van der Waals surface area contributed by atoms with Crippen LogP contribution in [0.25, 0.3) is 0 Å². The third-order valence-corrected chi connectivity index (χ3v) is 5.57. The van der Waals surface area contributed by atoms with Crippen molar-refractivity contribution in [3.8, 4) is 0 Å². The van der Waals surface area contributed by atoms with E-state index in [1.165, 1.54) is 57.6 Å². The molecule has 0 bridgehead atoms. The summed E-state index contributed by atoms with van der Waals surface area (Å²) in [6, 6.07) is 0.917. The monoisotopic (exact) mass is 212 g/mol. The Hall–Kier alpha value is 0.270. The minimum atomic E-state index is 0.758. The largest absolute Gasteiger partial charge is 0.314 e. The second kappa shape index (κ2) is 3.69. The molecule has 80 valence electrons. The van der Waals surface area contributed by atoms with E-state index < -0.39 is 0 Å². The van der Waals surface area contributed by atoms with Gasteiger partial charge in [-0.3, -0.25) is 4.90 Å². The van der Waals surface area contributed by atoms with E-state index in [1.54, 1.807) is 0 Å². The molecule has 2 aliphatic heterocycles. The summed E-state index contributed by atoms with van der Waals surface area (Å²) in [7, 11) is 0. The molecule has 2 nitrogen and oxygen atoms in total. The van der Waals surface area contributed by atoms with Crippen LogP contribution in [0.1, 0.15) is 25.7 Å². The molecule has 1 aliphatic carbocycles. The van der Waals surface area contributed by atoms with Crippen molar-refractivity contribution < 1.29 is 0 Å². The van der Waals surface area contributed by atoms with Gasteiger partial charge in [-0.15, -0.1) is 0 Å². The molecule has 1 unspecified atom stereocenters. The molecule has 0 aromatic heterocycles. The second-order valence-corrected chi connectivity index (χ2v) is 6.53. The van der Waals surface area contributed by atoms with Gasteiger partial charge in [-0.25, -0.2) is 0 Å². The van der Waals surface area contributed by atoms with Crippen molar-refractivity contribution in [2.45, 2.75) is 36.5 Å². The summed E-state index contributed by atoms with van der Waals surface area (Å²) in [5, 5.41) is 3.44. The third-order valence-electron chi connectivity index (χ3n) is 3.94. The first-order chi connectivity index (χ1) is 6.88. The molecular weight excluding hydrogens is 192 g/mol. The van der Waals surface area contributed by atoms with Gasteiger partial charge in [0.25, 0.3) is 0 Å². The van der Waals surface area contributed by atoms with Gasteiger partial charge in [0, 0.05) is 37.0 Å². The summed E-state index contributed by atoms with van der Waals surface area (Å²) in [5.41, 5.74) is 0. The highest BCUT2D eigenvalue weighted by Crippen LogP contribution is 2.55. The molecular formula is C11H20N2S. The first-order valence-corrected chi connectivity index (χ1v) is 6.95. The van der Waals surface area contributed by atoms with Gasteiger partial charge in [0.2, 0.25) is 0 Å². The lowest BCUT2D eigenvalue weighted by atomic mass is 10.0. The van der Waals surface area contributed by atoms with E-state index in [0.717, 1.165) is 10.8 Å². The smallest absolute Gasteiger partial charge is 0.0176 e. The van der Waals surface area contributed by atoms with E-state index >= 15 is 0 Å². The van der Waals surface area contributed by atoms with E-state index in [4.69, 9.17) is 0 Å². The van der Waals surface area contributed by atoms with Gasteiger partial charge >= 0.3 is 0 Å². The molecule has 3 rings (SSSR count). The minimum Gasteiger partial charge on any atom is -0.314 e. The van der Waals surface area contributed by atoms with Gasteiger partial charge in [-0.1, -0.05) is 0 Å². The third kappa shape index (κ3) is 1.82. The van der Waals surface area contributed by atoms with Crippen LogP contribution in [-0.2, 0) is 0 Å². The quantitative estimate of drug-likeness (QED) is 0.706. The van der Waals surface area contributed by atoms with Crippen LogP contribution in [-0.4, -0.2) is 47.6 Å². The Morgan fingerprint density at radius 3 is 2.71 bits per heavy atom. The zero-order valence-electron chi connectivity index (χ0n) is 8.80. The number of thioether (sulfide) groups is 1. The molecule has 1 N–H and O–H groups in total. The Kier molecular flexibility index (Phi) is 2.50. The van der Waals surface area contributed by atoms with Crippen LogP contribution in [0.15, 0.2) is 0 Å². The molecule has 3 fully saturated rings. The fourth-order valence-corrected chi connectivity index (χ4v) is 4.37. The summed E-state index contributed by atoms with van der Waals surface area (Å²) >= 11 is 2.26. The summed E-state index contributed by atoms with van der Waals surface area (Å²) in [5.74, 6) is 1.41. The maximum absolute atomic E-state index is 3.44. The van der Waals surface area contributed by atoms with Crippen molar-refractivity contribution in [3.05, 3.63) is 0 Å². The van der Waals surface area contributed by atoms with Crippen molar-refractivity contribution in [1.82, 2.24) is 10.2 Å². The SMILES string of the molecule is C1CN(C2CCSC3(CC3)C2)CCN1. The highest BCUT2D eigenvalue weighted by molar-refractivity contribution is 8.01. The first kappa shape index (κ1) is 9.49. The number of piperazine rings is 1. The number of hydrogen-bond acceptors (Lipinski definition) is 3. The molecule has 1 saturated carbocycles.